The average molecular weight is 297 g/mol. The lowest BCUT2D eigenvalue weighted by Crippen LogP contribution is -2.48. The average Bonchev–Trinajstić information content (AvgIpc) is 2.35. The number of aryl methyl sites for hydroxylation is 1. The van der Waals surface area contributed by atoms with Crippen molar-refractivity contribution in [3.8, 4) is 5.75 Å². The van der Waals surface area contributed by atoms with Crippen LogP contribution in [0.1, 0.15) is 30.0 Å². The van der Waals surface area contributed by atoms with Crippen molar-refractivity contribution in [2.24, 2.45) is 0 Å². The molecular weight excluding hydrogens is 278 g/mol. The molecule has 1 heterocycles. The lowest BCUT2D eigenvalue weighted by molar-refractivity contribution is 0.0409. The van der Waals surface area contributed by atoms with Gasteiger partial charge in [-0.2, -0.15) is 0 Å². The SMILES string of the molecule is COc1ccc2c(c1)[C@@H](NS(=O)(=O)C1COC1)CCC2. The van der Waals surface area contributed by atoms with Gasteiger partial charge in [-0.05, 0) is 42.5 Å². The molecule has 1 N–H and O–H groups in total. The molecule has 0 radical (unpaired) electrons. The molecule has 20 heavy (non-hydrogen) atoms. The molecule has 5 nitrogen and oxygen atoms in total. The first-order valence-electron chi connectivity index (χ1n) is 6.86. The standard InChI is InChI=1S/C14H19NO4S/c1-18-11-6-5-10-3-2-4-14(13(10)7-11)15-20(16,17)12-8-19-9-12/h5-7,12,14-15H,2-4,8-9H2,1H3/t14-/m0/s1. The van der Waals surface area contributed by atoms with Crippen LogP contribution in [0.5, 0.6) is 5.75 Å². The Kier molecular flexibility index (Phi) is 3.70. The minimum absolute atomic E-state index is 0.153. The van der Waals surface area contributed by atoms with E-state index in [4.69, 9.17) is 9.47 Å². The van der Waals surface area contributed by atoms with Gasteiger partial charge >= 0.3 is 0 Å². The third-order valence-electron chi connectivity index (χ3n) is 4.02. The van der Waals surface area contributed by atoms with Crippen LogP contribution in [0.3, 0.4) is 0 Å². The van der Waals surface area contributed by atoms with E-state index in [0.717, 1.165) is 30.6 Å². The normalized spacial score (nSPS) is 22.9. The van der Waals surface area contributed by atoms with E-state index in [9.17, 15) is 8.42 Å². The highest BCUT2D eigenvalue weighted by atomic mass is 32.2. The molecular formula is C14H19NO4S. The Morgan fingerprint density at radius 1 is 1.35 bits per heavy atom. The molecule has 3 rings (SSSR count). The molecule has 1 saturated heterocycles. The monoisotopic (exact) mass is 297 g/mol. The highest BCUT2D eigenvalue weighted by molar-refractivity contribution is 7.90. The number of nitrogens with one attached hydrogen (secondary N) is 1. The Bertz CT molecular complexity index is 595. The van der Waals surface area contributed by atoms with E-state index in [1.54, 1.807) is 7.11 Å². The Morgan fingerprint density at radius 2 is 2.15 bits per heavy atom. The molecule has 1 aliphatic carbocycles. The number of ether oxygens (including phenoxy) is 2. The Labute approximate surface area is 119 Å². The zero-order valence-electron chi connectivity index (χ0n) is 11.5. The summed E-state index contributed by atoms with van der Waals surface area (Å²) >= 11 is 0. The number of hydrogen-bond donors (Lipinski definition) is 1. The van der Waals surface area contributed by atoms with E-state index >= 15 is 0 Å². The third-order valence-corrected chi connectivity index (χ3v) is 5.78. The maximum Gasteiger partial charge on any atom is 0.219 e. The second kappa shape index (κ2) is 5.35. The third kappa shape index (κ3) is 2.55. The van der Waals surface area contributed by atoms with Crippen molar-refractivity contribution in [3.63, 3.8) is 0 Å². The van der Waals surface area contributed by atoms with Gasteiger partial charge in [0.05, 0.1) is 20.3 Å². The molecule has 1 aromatic rings. The van der Waals surface area contributed by atoms with E-state index < -0.39 is 15.3 Å². The van der Waals surface area contributed by atoms with Gasteiger partial charge in [0.25, 0.3) is 0 Å². The van der Waals surface area contributed by atoms with Crippen molar-refractivity contribution in [1.29, 1.82) is 0 Å². The summed E-state index contributed by atoms with van der Waals surface area (Å²) in [6.07, 6.45) is 2.81. The van der Waals surface area contributed by atoms with Crippen LogP contribution >= 0.6 is 0 Å². The Morgan fingerprint density at radius 3 is 2.80 bits per heavy atom. The number of rotatable bonds is 4. The van der Waals surface area contributed by atoms with Crippen LogP contribution in [-0.2, 0) is 21.2 Å². The lowest BCUT2D eigenvalue weighted by Gasteiger charge is -2.31. The van der Waals surface area contributed by atoms with Crippen molar-refractivity contribution in [1.82, 2.24) is 4.72 Å². The molecule has 6 heteroatoms. The number of benzene rings is 1. The predicted octanol–water partition coefficient (Wildman–Crippen LogP) is 1.39. The highest BCUT2D eigenvalue weighted by Gasteiger charge is 2.35. The van der Waals surface area contributed by atoms with Crippen molar-refractivity contribution in [2.75, 3.05) is 20.3 Å². The fourth-order valence-electron chi connectivity index (χ4n) is 2.71. The fourth-order valence-corrected chi connectivity index (χ4v) is 4.10. The van der Waals surface area contributed by atoms with Crippen molar-refractivity contribution in [3.05, 3.63) is 29.3 Å². The zero-order chi connectivity index (χ0) is 14.2. The molecule has 1 aliphatic heterocycles. The summed E-state index contributed by atoms with van der Waals surface area (Å²) < 4.78 is 37.5. The van der Waals surface area contributed by atoms with Crippen LogP contribution in [0.2, 0.25) is 0 Å². The first-order chi connectivity index (χ1) is 9.60. The molecule has 0 saturated carbocycles. The van der Waals surface area contributed by atoms with Crippen LogP contribution in [0.15, 0.2) is 18.2 Å². The van der Waals surface area contributed by atoms with Gasteiger partial charge in [-0.1, -0.05) is 6.07 Å². The van der Waals surface area contributed by atoms with Gasteiger partial charge in [0.1, 0.15) is 11.0 Å². The van der Waals surface area contributed by atoms with Gasteiger partial charge in [0.15, 0.2) is 0 Å². The minimum atomic E-state index is -3.30. The van der Waals surface area contributed by atoms with Crippen LogP contribution in [0.25, 0.3) is 0 Å². The maximum absolute atomic E-state index is 12.2. The van der Waals surface area contributed by atoms with E-state index in [-0.39, 0.29) is 6.04 Å². The first-order valence-corrected chi connectivity index (χ1v) is 8.40. The number of methoxy groups -OCH3 is 1. The largest absolute Gasteiger partial charge is 0.497 e. The second-order valence-electron chi connectivity index (χ2n) is 5.33. The van der Waals surface area contributed by atoms with E-state index in [1.807, 2.05) is 18.2 Å². The summed E-state index contributed by atoms with van der Waals surface area (Å²) in [5.41, 5.74) is 2.24. The van der Waals surface area contributed by atoms with Crippen LogP contribution in [-0.4, -0.2) is 34.0 Å². The summed E-state index contributed by atoms with van der Waals surface area (Å²) in [4.78, 5) is 0. The predicted molar refractivity (Wildman–Crippen MR) is 75.3 cm³/mol. The molecule has 1 fully saturated rings. The fraction of sp³-hybridized carbons (Fsp3) is 0.571. The number of sulfonamides is 1. The van der Waals surface area contributed by atoms with Gasteiger partial charge in [-0.15, -0.1) is 0 Å². The van der Waals surface area contributed by atoms with Gasteiger partial charge in [0.2, 0.25) is 10.0 Å². The summed E-state index contributed by atoms with van der Waals surface area (Å²) in [6.45, 7) is 0.597. The quantitative estimate of drug-likeness (QED) is 0.912. The molecule has 0 spiro atoms. The van der Waals surface area contributed by atoms with Crippen LogP contribution in [0, 0.1) is 0 Å². The Balaban J connectivity index is 1.85. The number of hydrogen-bond acceptors (Lipinski definition) is 4. The summed E-state index contributed by atoms with van der Waals surface area (Å²) in [5.74, 6) is 0.766. The smallest absolute Gasteiger partial charge is 0.219 e. The first kappa shape index (κ1) is 13.9. The molecule has 1 atom stereocenters. The molecule has 2 aliphatic rings. The van der Waals surface area contributed by atoms with E-state index in [1.165, 1.54) is 5.56 Å². The molecule has 1 aromatic carbocycles. The molecule has 0 amide bonds. The minimum Gasteiger partial charge on any atom is -0.497 e. The van der Waals surface area contributed by atoms with Crippen LogP contribution < -0.4 is 9.46 Å². The van der Waals surface area contributed by atoms with Crippen LogP contribution in [0.4, 0.5) is 0 Å². The van der Waals surface area contributed by atoms with Crippen molar-refractivity contribution >= 4 is 10.0 Å². The summed E-state index contributed by atoms with van der Waals surface area (Å²) in [7, 11) is -1.68. The van der Waals surface area contributed by atoms with Gasteiger partial charge in [-0.25, -0.2) is 13.1 Å². The molecule has 0 unspecified atom stereocenters. The molecule has 0 aromatic heterocycles. The van der Waals surface area contributed by atoms with Gasteiger partial charge < -0.3 is 9.47 Å². The van der Waals surface area contributed by atoms with E-state index in [2.05, 4.69) is 4.72 Å². The molecule has 110 valence electrons. The van der Waals surface area contributed by atoms with Gasteiger partial charge in [-0.3, -0.25) is 0 Å². The van der Waals surface area contributed by atoms with Gasteiger partial charge in [0, 0.05) is 6.04 Å². The highest BCUT2D eigenvalue weighted by Crippen LogP contribution is 2.33. The second-order valence-corrected chi connectivity index (χ2v) is 7.32. The topological polar surface area (TPSA) is 64.6 Å². The van der Waals surface area contributed by atoms with Crippen molar-refractivity contribution in [2.45, 2.75) is 30.6 Å². The van der Waals surface area contributed by atoms with Crippen molar-refractivity contribution < 1.29 is 17.9 Å². The maximum atomic E-state index is 12.2. The molecule has 0 bridgehead atoms. The zero-order valence-corrected chi connectivity index (χ0v) is 12.3. The van der Waals surface area contributed by atoms with E-state index in [0.29, 0.717) is 13.2 Å². The number of fused-ring (bicyclic) bond motifs is 1. The Hall–Kier alpha value is -1.11. The lowest BCUT2D eigenvalue weighted by atomic mass is 9.88. The summed E-state index contributed by atoms with van der Waals surface area (Å²) in [6, 6.07) is 5.75. The summed E-state index contributed by atoms with van der Waals surface area (Å²) in [5, 5.41) is -0.404.